The molecule has 6 heteroatoms. The van der Waals surface area contributed by atoms with E-state index < -0.39 is 0 Å². The number of hydrogen-bond donors (Lipinski definition) is 1. The predicted molar refractivity (Wildman–Crippen MR) is 85.9 cm³/mol. The van der Waals surface area contributed by atoms with Gasteiger partial charge in [0.1, 0.15) is 5.82 Å². The van der Waals surface area contributed by atoms with Crippen molar-refractivity contribution in [2.75, 3.05) is 26.2 Å². The summed E-state index contributed by atoms with van der Waals surface area (Å²) in [6, 6.07) is 4.73. The molecule has 1 aromatic carbocycles. The Balaban J connectivity index is 0.00000144. The van der Waals surface area contributed by atoms with E-state index >= 15 is 0 Å². The molecule has 3 nitrogen and oxygen atoms in total. The second kappa shape index (κ2) is 5.99. The van der Waals surface area contributed by atoms with Gasteiger partial charge in [-0.25, -0.2) is 4.39 Å². The molecule has 2 heterocycles. The zero-order valence-electron chi connectivity index (χ0n) is 12.1. The molecule has 2 aliphatic heterocycles. The highest BCUT2D eigenvalue weighted by molar-refractivity contribution is 6.31. The lowest BCUT2D eigenvalue weighted by atomic mass is 10.0. The summed E-state index contributed by atoms with van der Waals surface area (Å²) in [5, 5.41) is 3.82. The summed E-state index contributed by atoms with van der Waals surface area (Å²) in [7, 11) is 0. The minimum Gasteiger partial charge on any atom is -0.342 e. The van der Waals surface area contributed by atoms with Gasteiger partial charge < -0.3 is 10.2 Å². The normalized spacial score (nSPS) is 32.5. The van der Waals surface area contributed by atoms with Crippen LogP contribution in [0.1, 0.15) is 17.9 Å². The average Bonchev–Trinajstić information content (AvgIpc) is 2.90. The maximum absolute atomic E-state index is 13.9. The molecule has 1 saturated carbocycles. The Morgan fingerprint density at radius 1 is 1.27 bits per heavy atom. The van der Waals surface area contributed by atoms with Gasteiger partial charge in [-0.1, -0.05) is 17.7 Å². The number of nitrogens with zero attached hydrogens (tertiary/aromatic N) is 1. The Labute approximate surface area is 140 Å². The standard InChI is InChI=1S/C16H18ClFN2O.ClH/c17-13-2-1-3-14(18)15(13)11-4-12(11)16(21)20-7-9-5-19-6-10(9)8-20;/h1-3,9-12,19H,4-8H2;1H/t9-,10+,11?,12?;. The van der Waals surface area contributed by atoms with Crippen molar-refractivity contribution < 1.29 is 9.18 Å². The van der Waals surface area contributed by atoms with Gasteiger partial charge in [0.2, 0.25) is 5.91 Å². The topological polar surface area (TPSA) is 32.3 Å². The molecule has 0 bridgehead atoms. The van der Waals surface area contributed by atoms with Crippen LogP contribution in [0, 0.1) is 23.6 Å². The molecule has 0 aromatic heterocycles. The van der Waals surface area contributed by atoms with Crippen LogP contribution in [0.15, 0.2) is 18.2 Å². The molecule has 22 heavy (non-hydrogen) atoms. The van der Waals surface area contributed by atoms with E-state index in [1.807, 2.05) is 4.90 Å². The minimum absolute atomic E-state index is 0. The van der Waals surface area contributed by atoms with Crippen LogP contribution < -0.4 is 5.32 Å². The van der Waals surface area contributed by atoms with Gasteiger partial charge in [-0.2, -0.15) is 0 Å². The molecule has 120 valence electrons. The summed E-state index contributed by atoms with van der Waals surface area (Å²) >= 11 is 6.10. The third-order valence-corrected chi connectivity index (χ3v) is 5.51. The number of likely N-dealkylation sites (tertiary alicyclic amines) is 1. The quantitative estimate of drug-likeness (QED) is 0.894. The fraction of sp³-hybridized carbons (Fsp3) is 0.562. The molecule has 1 aliphatic carbocycles. The lowest BCUT2D eigenvalue weighted by Crippen LogP contribution is -2.33. The number of fused-ring (bicyclic) bond motifs is 1. The Kier molecular flexibility index (Phi) is 4.36. The van der Waals surface area contributed by atoms with Crippen molar-refractivity contribution in [3.05, 3.63) is 34.6 Å². The van der Waals surface area contributed by atoms with Crippen LogP contribution in [0.2, 0.25) is 5.02 Å². The van der Waals surface area contributed by atoms with E-state index in [1.165, 1.54) is 6.07 Å². The van der Waals surface area contributed by atoms with Crippen molar-refractivity contribution in [1.82, 2.24) is 10.2 Å². The SMILES string of the molecule is Cl.O=C(C1CC1c1c(F)cccc1Cl)N1C[C@H]2CNC[C@H]2C1. The second-order valence-corrected chi connectivity index (χ2v) is 6.91. The highest BCUT2D eigenvalue weighted by Crippen LogP contribution is 2.51. The number of carbonyl (C=O) groups excluding carboxylic acids is 1. The first kappa shape index (κ1) is 16.0. The van der Waals surface area contributed by atoms with Crippen molar-refractivity contribution in [3.63, 3.8) is 0 Å². The maximum atomic E-state index is 13.9. The Morgan fingerprint density at radius 2 is 1.95 bits per heavy atom. The van der Waals surface area contributed by atoms with E-state index in [0.717, 1.165) is 32.6 Å². The average molecular weight is 345 g/mol. The van der Waals surface area contributed by atoms with E-state index in [-0.39, 0.29) is 36.0 Å². The van der Waals surface area contributed by atoms with Gasteiger partial charge in [0, 0.05) is 48.6 Å². The number of nitrogens with one attached hydrogen (secondary N) is 1. The van der Waals surface area contributed by atoms with Crippen molar-refractivity contribution in [2.24, 2.45) is 17.8 Å². The summed E-state index contributed by atoms with van der Waals surface area (Å²) < 4.78 is 13.9. The van der Waals surface area contributed by atoms with Crippen LogP contribution >= 0.6 is 24.0 Å². The predicted octanol–water partition coefficient (Wildman–Crippen LogP) is 2.68. The van der Waals surface area contributed by atoms with E-state index in [9.17, 15) is 9.18 Å². The first-order valence-electron chi connectivity index (χ1n) is 7.58. The van der Waals surface area contributed by atoms with Gasteiger partial charge in [0.05, 0.1) is 0 Å². The number of hydrogen-bond acceptors (Lipinski definition) is 2. The number of benzene rings is 1. The third kappa shape index (κ3) is 2.61. The summed E-state index contributed by atoms with van der Waals surface area (Å²) in [5.74, 6) is 0.987. The molecule has 1 aromatic rings. The molecule has 4 atom stereocenters. The van der Waals surface area contributed by atoms with Gasteiger partial charge in [-0.3, -0.25) is 4.79 Å². The molecule has 2 saturated heterocycles. The van der Waals surface area contributed by atoms with Crippen LogP contribution in [0.3, 0.4) is 0 Å². The van der Waals surface area contributed by atoms with Crippen molar-refractivity contribution in [2.45, 2.75) is 12.3 Å². The molecule has 3 fully saturated rings. The number of halogens is 3. The summed E-state index contributed by atoms with van der Waals surface area (Å²) in [4.78, 5) is 14.6. The van der Waals surface area contributed by atoms with Crippen LogP contribution in [0.4, 0.5) is 4.39 Å². The molecule has 0 radical (unpaired) electrons. The largest absolute Gasteiger partial charge is 0.342 e. The van der Waals surface area contributed by atoms with Gasteiger partial charge in [-0.05, 0) is 30.4 Å². The monoisotopic (exact) mass is 344 g/mol. The first-order valence-corrected chi connectivity index (χ1v) is 7.96. The molecule has 3 aliphatic rings. The summed E-state index contributed by atoms with van der Waals surface area (Å²) in [5.41, 5.74) is 0.526. The van der Waals surface area contributed by atoms with Gasteiger partial charge in [0.15, 0.2) is 0 Å². The van der Waals surface area contributed by atoms with E-state index in [0.29, 0.717) is 22.4 Å². The summed E-state index contributed by atoms with van der Waals surface area (Å²) in [6.07, 6.45) is 0.726. The highest BCUT2D eigenvalue weighted by atomic mass is 35.5. The Hall–Kier alpha value is -0.840. The molecule has 1 N–H and O–H groups in total. The molecule has 0 spiro atoms. The van der Waals surface area contributed by atoms with E-state index in [4.69, 9.17) is 11.6 Å². The van der Waals surface area contributed by atoms with Crippen molar-refractivity contribution in [3.8, 4) is 0 Å². The smallest absolute Gasteiger partial charge is 0.226 e. The van der Waals surface area contributed by atoms with E-state index in [2.05, 4.69) is 5.32 Å². The van der Waals surface area contributed by atoms with Gasteiger partial charge >= 0.3 is 0 Å². The van der Waals surface area contributed by atoms with Crippen molar-refractivity contribution >= 4 is 29.9 Å². The summed E-state index contributed by atoms with van der Waals surface area (Å²) in [6.45, 7) is 3.73. The molecular formula is C16H19Cl2FN2O. The lowest BCUT2D eigenvalue weighted by Gasteiger charge is -2.17. The molecular weight excluding hydrogens is 326 g/mol. The van der Waals surface area contributed by atoms with Crippen molar-refractivity contribution in [1.29, 1.82) is 0 Å². The lowest BCUT2D eigenvalue weighted by molar-refractivity contribution is -0.131. The Morgan fingerprint density at radius 3 is 2.59 bits per heavy atom. The number of carbonyl (C=O) groups is 1. The van der Waals surface area contributed by atoms with Gasteiger partial charge in [-0.15, -0.1) is 12.4 Å². The van der Waals surface area contributed by atoms with Crippen LogP contribution in [-0.4, -0.2) is 37.0 Å². The fourth-order valence-corrected chi connectivity index (χ4v) is 4.22. The number of amides is 1. The van der Waals surface area contributed by atoms with E-state index in [1.54, 1.807) is 12.1 Å². The first-order chi connectivity index (χ1) is 10.1. The maximum Gasteiger partial charge on any atom is 0.226 e. The Bertz CT molecular complexity index is 565. The van der Waals surface area contributed by atoms with Gasteiger partial charge in [0.25, 0.3) is 0 Å². The minimum atomic E-state index is -0.287. The second-order valence-electron chi connectivity index (χ2n) is 6.51. The molecule has 1 amide bonds. The zero-order chi connectivity index (χ0) is 14.6. The molecule has 4 rings (SSSR count). The van der Waals surface area contributed by atoms with Crippen LogP contribution in [-0.2, 0) is 4.79 Å². The van der Waals surface area contributed by atoms with Crippen LogP contribution in [0.25, 0.3) is 0 Å². The highest BCUT2D eigenvalue weighted by Gasteiger charge is 2.50. The number of rotatable bonds is 2. The third-order valence-electron chi connectivity index (χ3n) is 5.18. The fourth-order valence-electron chi connectivity index (χ4n) is 3.92. The van der Waals surface area contributed by atoms with Crippen LogP contribution in [0.5, 0.6) is 0 Å². The zero-order valence-corrected chi connectivity index (χ0v) is 13.7. The molecule has 2 unspecified atom stereocenters.